The van der Waals surface area contributed by atoms with Crippen LogP contribution in [0.1, 0.15) is 11.3 Å². The van der Waals surface area contributed by atoms with E-state index in [2.05, 4.69) is 15.3 Å². The van der Waals surface area contributed by atoms with Gasteiger partial charge in [0.05, 0.1) is 23.1 Å². The Kier molecular flexibility index (Phi) is 5.17. The van der Waals surface area contributed by atoms with Crippen molar-refractivity contribution in [1.82, 2.24) is 15.3 Å². The number of rotatable bonds is 6. The first-order chi connectivity index (χ1) is 12.5. The molecule has 0 fully saturated rings. The molecule has 0 saturated heterocycles. The lowest BCUT2D eigenvalue weighted by Gasteiger charge is -2.14. The van der Waals surface area contributed by atoms with Gasteiger partial charge in [-0.2, -0.15) is 0 Å². The molecule has 26 heavy (non-hydrogen) atoms. The highest BCUT2D eigenvalue weighted by Crippen LogP contribution is 2.10. The summed E-state index contributed by atoms with van der Waals surface area (Å²) in [6.07, 6.45) is 1.49. The minimum Gasteiger partial charge on any atom is -0.480 e. The average Bonchev–Trinajstić information content (AvgIpc) is 2.63. The van der Waals surface area contributed by atoms with E-state index in [4.69, 9.17) is 0 Å². The van der Waals surface area contributed by atoms with E-state index < -0.39 is 23.7 Å². The number of fused-ring (bicyclic) bond motifs is 1. The van der Waals surface area contributed by atoms with Gasteiger partial charge in [0, 0.05) is 12.6 Å². The maximum absolute atomic E-state index is 12.9. The van der Waals surface area contributed by atoms with E-state index in [1.54, 1.807) is 6.07 Å². The van der Waals surface area contributed by atoms with Gasteiger partial charge in [-0.3, -0.25) is 9.78 Å². The van der Waals surface area contributed by atoms with Gasteiger partial charge in [0.2, 0.25) is 5.91 Å². The molecule has 3 rings (SSSR count). The molecule has 1 heterocycles. The number of para-hydroxylation sites is 2. The van der Waals surface area contributed by atoms with Crippen LogP contribution in [0.5, 0.6) is 0 Å². The number of aromatic nitrogens is 2. The van der Waals surface area contributed by atoms with E-state index in [0.717, 1.165) is 0 Å². The van der Waals surface area contributed by atoms with Crippen molar-refractivity contribution >= 4 is 22.9 Å². The number of benzene rings is 2. The molecule has 0 aliphatic rings. The Morgan fingerprint density at radius 3 is 2.46 bits per heavy atom. The molecule has 0 aliphatic heterocycles. The zero-order valence-corrected chi connectivity index (χ0v) is 13.7. The van der Waals surface area contributed by atoms with Crippen LogP contribution in [-0.4, -0.2) is 33.0 Å². The quantitative estimate of drug-likeness (QED) is 0.708. The van der Waals surface area contributed by atoms with Crippen molar-refractivity contribution in [2.75, 3.05) is 0 Å². The molecule has 1 atom stereocenters. The Bertz CT molecular complexity index is 944. The fraction of sp³-hybridized carbons (Fsp3) is 0.158. The number of aliphatic carboxylic acids is 1. The van der Waals surface area contributed by atoms with Crippen LogP contribution in [0.15, 0.2) is 54.7 Å². The van der Waals surface area contributed by atoms with Gasteiger partial charge in [0.1, 0.15) is 11.9 Å². The summed E-state index contributed by atoms with van der Waals surface area (Å²) in [5, 5.41) is 11.9. The summed E-state index contributed by atoms with van der Waals surface area (Å²) in [5.74, 6) is -2.02. The summed E-state index contributed by atoms with van der Waals surface area (Å²) in [6.45, 7) is 0. The maximum Gasteiger partial charge on any atom is 0.326 e. The van der Waals surface area contributed by atoms with Crippen molar-refractivity contribution < 1.29 is 19.1 Å². The number of carbonyl (C=O) groups is 2. The number of carboxylic acid groups (broad SMARTS) is 1. The van der Waals surface area contributed by atoms with Crippen molar-refractivity contribution in [3.8, 4) is 0 Å². The summed E-state index contributed by atoms with van der Waals surface area (Å²) in [7, 11) is 0. The van der Waals surface area contributed by atoms with Crippen LogP contribution in [0, 0.1) is 5.82 Å². The average molecular weight is 353 g/mol. The number of halogens is 1. The zero-order chi connectivity index (χ0) is 18.5. The first-order valence-corrected chi connectivity index (χ1v) is 7.98. The number of hydrogen-bond donors (Lipinski definition) is 2. The third-order valence-electron chi connectivity index (χ3n) is 3.82. The van der Waals surface area contributed by atoms with Gasteiger partial charge in [-0.25, -0.2) is 14.2 Å². The molecule has 1 amide bonds. The first kappa shape index (κ1) is 17.5. The van der Waals surface area contributed by atoms with Crippen LogP contribution < -0.4 is 5.32 Å². The lowest BCUT2D eigenvalue weighted by molar-refractivity contribution is -0.141. The van der Waals surface area contributed by atoms with Gasteiger partial charge in [-0.15, -0.1) is 0 Å². The van der Waals surface area contributed by atoms with Crippen molar-refractivity contribution in [1.29, 1.82) is 0 Å². The number of nitrogens with zero attached hydrogens (tertiary/aromatic N) is 2. The lowest BCUT2D eigenvalue weighted by Crippen LogP contribution is -2.43. The summed E-state index contributed by atoms with van der Waals surface area (Å²) < 4.78 is 12.9. The molecule has 0 spiro atoms. The van der Waals surface area contributed by atoms with Gasteiger partial charge in [0.25, 0.3) is 0 Å². The molecule has 0 unspecified atom stereocenters. The number of carboxylic acids is 1. The predicted molar refractivity (Wildman–Crippen MR) is 92.9 cm³/mol. The number of carbonyl (C=O) groups excluding carboxylic acids is 1. The van der Waals surface area contributed by atoms with Gasteiger partial charge >= 0.3 is 5.97 Å². The minimum atomic E-state index is -1.16. The molecule has 0 bridgehead atoms. The van der Waals surface area contributed by atoms with Crippen molar-refractivity contribution in [2.24, 2.45) is 0 Å². The Morgan fingerprint density at radius 2 is 1.77 bits per heavy atom. The van der Waals surface area contributed by atoms with E-state index in [-0.39, 0.29) is 12.8 Å². The summed E-state index contributed by atoms with van der Waals surface area (Å²) >= 11 is 0. The molecule has 132 valence electrons. The second-order valence-corrected chi connectivity index (χ2v) is 5.82. The normalized spacial score (nSPS) is 11.9. The van der Waals surface area contributed by atoms with Gasteiger partial charge in [-0.05, 0) is 29.8 Å². The monoisotopic (exact) mass is 353 g/mol. The number of hydrogen-bond acceptors (Lipinski definition) is 4. The molecule has 1 aromatic heterocycles. The molecule has 6 nitrogen and oxygen atoms in total. The minimum absolute atomic E-state index is 0.0162. The molecule has 7 heteroatoms. The predicted octanol–water partition coefficient (Wildman–Crippen LogP) is 2.12. The second kappa shape index (κ2) is 7.69. The van der Waals surface area contributed by atoms with E-state index in [1.807, 2.05) is 18.2 Å². The highest BCUT2D eigenvalue weighted by molar-refractivity contribution is 5.85. The smallest absolute Gasteiger partial charge is 0.326 e. The van der Waals surface area contributed by atoms with Crippen LogP contribution in [0.3, 0.4) is 0 Å². The molecule has 2 aromatic carbocycles. The van der Waals surface area contributed by atoms with Crippen LogP contribution in [0.25, 0.3) is 11.0 Å². The van der Waals surface area contributed by atoms with E-state index in [1.165, 1.54) is 30.5 Å². The maximum atomic E-state index is 12.9. The van der Waals surface area contributed by atoms with Crippen molar-refractivity contribution in [2.45, 2.75) is 18.9 Å². The van der Waals surface area contributed by atoms with E-state index >= 15 is 0 Å². The fourth-order valence-corrected chi connectivity index (χ4v) is 2.54. The third kappa shape index (κ3) is 4.38. The standard InChI is InChI=1S/C19H16FN3O3/c20-13-7-5-12(6-8-13)9-18(24)23-17(19(25)26)10-14-11-21-15-3-1-2-4-16(15)22-14/h1-8,11,17H,9-10H2,(H,23,24)(H,25,26)/t17-/m0/s1. The van der Waals surface area contributed by atoms with E-state index in [9.17, 15) is 19.1 Å². The first-order valence-electron chi connectivity index (χ1n) is 7.98. The van der Waals surface area contributed by atoms with Crippen LogP contribution in [-0.2, 0) is 22.4 Å². The molecular formula is C19H16FN3O3. The number of nitrogens with one attached hydrogen (secondary N) is 1. The molecule has 0 radical (unpaired) electrons. The molecule has 0 saturated carbocycles. The second-order valence-electron chi connectivity index (χ2n) is 5.82. The molecular weight excluding hydrogens is 337 g/mol. The Balaban J connectivity index is 1.68. The fourth-order valence-electron chi connectivity index (χ4n) is 2.54. The SMILES string of the molecule is O=C(Cc1ccc(F)cc1)N[C@@H](Cc1cnc2ccccc2n1)C(=O)O. The molecule has 3 aromatic rings. The van der Waals surface area contributed by atoms with Crippen LogP contribution in [0.2, 0.25) is 0 Å². The Morgan fingerprint density at radius 1 is 1.08 bits per heavy atom. The Hall–Kier alpha value is -3.35. The molecule has 0 aliphatic carbocycles. The lowest BCUT2D eigenvalue weighted by atomic mass is 10.1. The van der Waals surface area contributed by atoms with Gasteiger partial charge in [-0.1, -0.05) is 24.3 Å². The zero-order valence-electron chi connectivity index (χ0n) is 13.7. The number of amides is 1. The van der Waals surface area contributed by atoms with Crippen molar-refractivity contribution in [3.63, 3.8) is 0 Å². The van der Waals surface area contributed by atoms with Gasteiger partial charge < -0.3 is 10.4 Å². The summed E-state index contributed by atoms with van der Waals surface area (Å²) in [5.41, 5.74) is 2.44. The summed E-state index contributed by atoms with van der Waals surface area (Å²) in [6, 6.07) is 11.6. The third-order valence-corrected chi connectivity index (χ3v) is 3.82. The highest BCUT2D eigenvalue weighted by Gasteiger charge is 2.21. The highest BCUT2D eigenvalue weighted by atomic mass is 19.1. The van der Waals surface area contributed by atoms with Crippen LogP contribution >= 0.6 is 0 Å². The van der Waals surface area contributed by atoms with E-state index in [0.29, 0.717) is 22.3 Å². The Labute approximate surface area is 148 Å². The van der Waals surface area contributed by atoms with Gasteiger partial charge in [0.15, 0.2) is 0 Å². The van der Waals surface area contributed by atoms with Crippen molar-refractivity contribution in [3.05, 3.63) is 71.8 Å². The van der Waals surface area contributed by atoms with Crippen LogP contribution in [0.4, 0.5) is 4.39 Å². The largest absolute Gasteiger partial charge is 0.480 e. The molecule has 2 N–H and O–H groups in total. The summed E-state index contributed by atoms with van der Waals surface area (Å²) in [4.78, 5) is 32.2. The topological polar surface area (TPSA) is 92.2 Å².